The Morgan fingerprint density at radius 2 is 1.88 bits per heavy atom. The monoisotopic (exact) mass is 352 g/mol. The maximum Gasteiger partial charge on any atom is 0.225 e. The molecule has 1 N–H and O–H groups in total. The van der Waals surface area contributed by atoms with Gasteiger partial charge in [-0.1, -0.05) is 48.5 Å². The maximum absolute atomic E-state index is 12.6. The molecule has 3 rings (SSSR count). The SMILES string of the molecule is COc1ccccc1CC(=O)N[C@@H](CN1CCCC1=O)c1ccccc1. The third-order valence-electron chi connectivity index (χ3n) is 4.66. The molecule has 136 valence electrons. The minimum absolute atomic E-state index is 0.0880. The normalized spacial score (nSPS) is 15.0. The van der Waals surface area contributed by atoms with Crippen LogP contribution in [-0.2, 0) is 16.0 Å². The summed E-state index contributed by atoms with van der Waals surface area (Å²) in [5.74, 6) is 0.772. The van der Waals surface area contributed by atoms with Gasteiger partial charge in [0.2, 0.25) is 11.8 Å². The van der Waals surface area contributed by atoms with Crippen molar-refractivity contribution in [3.05, 3.63) is 65.7 Å². The van der Waals surface area contributed by atoms with Gasteiger partial charge in [0.1, 0.15) is 5.75 Å². The highest BCUT2D eigenvalue weighted by Crippen LogP contribution is 2.21. The summed E-state index contributed by atoms with van der Waals surface area (Å²) >= 11 is 0. The first kappa shape index (κ1) is 18.0. The Bertz CT molecular complexity index is 761. The second kappa shape index (κ2) is 8.52. The van der Waals surface area contributed by atoms with Gasteiger partial charge in [-0.25, -0.2) is 0 Å². The highest BCUT2D eigenvalue weighted by Gasteiger charge is 2.25. The van der Waals surface area contributed by atoms with Crippen LogP contribution in [0.25, 0.3) is 0 Å². The van der Waals surface area contributed by atoms with Gasteiger partial charge in [-0.3, -0.25) is 9.59 Å². The Kier molecular flexibility index (Phi) is 5.89. The Balaban J connectivity index is 1.72. The summed E-state index contributed by atoms with van der Waals surface area (Å²) in [6, 6.07) is 17.1. The fourth-order valence-corrected chi connectivity index (χ4v) is 3.30. The zero-order valence-electron chi connectivity index (χ0n) is 15.0. The van der Waals surface area contributed by atoms with E-state index in [0.29, 0.717) is 18.7 Å². The summed E-state index contributed by atoms with van der Waals surface area (Å²) < 4.78 is 5.32. The van der Waals surface area contributed by atoms with E-state index >= 15 is 0 Å². The van der Waals surface area contributed by atoms with Crippen LogP contribution in [0.15, 0.2) is 54.6 Å². The quantitative estimate of drug-likeness (QED) is 0.833. The van der Waals surface area contributed by atoms with E-state index in [4.69, 9.17) is 4.74 Å². The first-order valence-electron chi connectivity index (χ1n) is 8.91. The number of benzene rings is 2. The van der Waals surface area contributed by atoms with Gasteiger partial charge in [0.15, 0.2) is 0 Å². The van der Waals surface area contributed by atoms with E-state index in [-0.39, 0.29) is 24.3 Å². The molecular formula is C21H24N2O3. The highest BCUT2D eigenvalue weighted by atomic mass is 16.5. The molecule has 0 unspecified atom stereocenters. The van der Waals surface area contributed by atoms with Gasteiger partial charge in [0.25, 0.3) is 0 Å². The summed E-state index contributed by atoms with van der Waals surface area (Å²) in [4.78, 5) is 26.5. The molecule has 1 aliphatic rings. The Labute approximate surface area is 154 Å². The molecule has 1 atom stereocenters. The van der Waals surface area contributed by atoms with Crippen molar-refractivity contribution in [2.45, 2.75) is 25.3 Å². The van der Waals surface area contributed by atoms with Crippen LogP contribution in [0.2, 0.25) is 0 Å². The molecule has 1 saturated heterocycles. The molecule has 1 heterocycles. The topological polar surface area (TPSA) is 58.6 Å². The lowest BCUT2D eigenvalue weighted by Crippen LogP contribution is -2.39. The summed E-state index contributed by atoms with van der Waals surface area (Å²) in [5, 5.41) is 3.09. The predicted molar refractivity (Wildman–Crippen MR) is 99.8 cm³/mol. The number of ether oxygens (including phenoxy) is 1. The fraction of sp³-hybridized carbons (Fsp3) is 0.333. The van der Waals surface area contributed by atoms with Crippen LogP contribution in [-0.4, -0.2) is 36.9 Å². The summed E-state index contributed by atoms with van der Waals surface area (Å²) in [5.41, 5.74) is 1.84. The Morgan fingerprint density at radius 3 is 2.58 bits per heavy atom. The van der Waals surface area contributed by atoms with Crippen LogP contribution < -0.4 is 10.1 Å². The number of amides is 2. The van der Waals surface area contributed by atoms with Gasteiger partial charge in [-0.15, -0.1) is 0 Å². The van der Waals surface area contributed by atoms with Crippen molar-refractivity contribution in [3.8, 4) is 5.75 Å². The number of carbonyl (C=O) groups excluding carboxylic acids is 2. The van der Waals surface area contributed by atoms with Crippen LogP contribution in [0.3, 0.4) is 0 Å². The molecule has 0 saturated carbocycles. The smallest absolute Gasteiger partial charge is 0.225 e. The van der Waals surface area contributed by atoms with E-state index in [0.717, 1.165) is 24.1 Å². The molecule has 2 aromatic rings. The summed E-state index contributed by atoms with van der Waals surface area (Å²) in [7, 11) is 1.60. The molecule has 5 nitrogen and oxygen atoms in total. The van der Waals surface area contributed by atoms with Crippen LogP contribution in [0.1, 0.15) is 30.0 Å². The third kappa shape index (κ3) is 4.42. The molecule has 0 radical (unpaired) electrons. The van der Waals surface area contributed by atoms with Gasteiger partial charge in [-0.2, -0.15) is 0 Å². The van der Waals surface area contributed by atoms with E-state index in [9.17, 15) is 9.59 Å². The second-order valence-corrected chi connectivity index (χ2v) is 6.46. The van der Waals surface area contributed by atoms with Gasteiger partial charge in [0.05, 0.1) is 19.6 Å². The molecule has 2 aromatic carbocycles. The standard InChI is InChI=1S/C21H24N2O3/c1-26-19-11-6-5-10-17(19)14-20(24)22-18(16-8-3-2-4-9-16)15-23-13-7-12-21(23)25/h2-6,8-11,18H,7,12-15H2,1H3,(H,22,24)/t18-/m0/s1. The van der Waals surface area contributed by atoms with Crippen LogP contribution in [0, 0.1) is 0 Å². The molecular weight excluding hydrogens is 328 g/mol. The number of carbonyl (C=O) groups is 2. The molecule has 26 heavy (non-hydrogen) atoms. The average molecular weight is 352 g/mol. The molecule has 5 heteroatoms. The van der Waals surface area contributed by atoms with Crippen molar-refractivity contribution in [1.82, 2.24) is 10.2 Å². The number of hydrogen-bond donors (Lipinski definition) is 1. The zero-order chi connectivity index (χ0) is 18.4. The van der Waals surface area contributed by atoms with Crippen molar-refractivity contribution in [2.75, 3.05) is 20.2 Å². The summed E-state index contributed by atoms with van der Waals surface area (Å²) in [6.07, 6.45) is 1.72. The lowest BCUT2D eigenvalue weighted by atomic mass is 10.1. The zero-order valence-corrected chi connectivity index (χ0v) is 15.0. The first-order chi connectivity index (χ1) is 12.7. The predicted octanol–water partition coefficient (Wildman–Crippen LogP) is 2.72. The number of para-hydroxylation sites is 1. The average Bonchev–Trinajstić information content (AvgIpc) is 3.07. The molecule has 0 bridgehead atoms. The maximum atomic E-state index is 12.6. The van der Waals surface area contributed by atoms with Crippen LogP contribution in [0.4, 0.5) is 0 Å². The van der Waals surface area contributed by atoms with Gasteiger partial charge in [0, 0.05) is 25.1 Å². The molecule has 2 amide bonds. The lowest BCUT2D eigenvalue weighted by Gasteiger charge is -2.25. The van der Waals surface area contributed by atoms with Gasteiger partial charge >= 0.3 is 0 Å². The van der Waals surface area contributed by atoms with E-state index in [2.05, 4.69) is 5.32 Å². The number of nitrogens with zero attached hydrogens (tertiary/aromatic N) is 1. The highest BCUT2D eigenvalue weighted by molar-refractivity contribution is 5.80. The number of likely N-dealkylation sites (tertiary alicyclic amines) is 1. The van der Waals surface area contributed by atoms with Crippen molar-refractivity contribution in [2.24, 2.45) is 0 Å². The van der Waals surface area contributed by atoms with E-state index in [1.807, 2.05) is 59.5 Å². The van der Waals surface area contributed by atoms with Crippen molar-refractivity contribution in [3.63, 3.8) is 0 Å². The van der Waals surface area contributed by atoms with Gasteiger partial charge < -0.3 is 15.0 Å². The first-order valence-corrected chi connectivity index (χ1v) is 8.91. The fourth-order valence-electron chi connectivity index (χ4n) is 3.30. The minimum atomic E-state index is -0.222. The van der Waals surface area contributed by atoms with E-state index in [1.54, 1.807) is 7.11 Å². The number of rotatable bonds is 7. The summed E-state index contributed by atoms with van der Waals surface area (Å²) in [6.45, 7) is 1.26. The van der Waals surface area contributed by atoms with Crippen LogP contribution in [0.5, 0.6) is 5.75 Å². The molecule has 0 aromatic heterocycles. The minimum Gasteiger partial charge on any atom is -0.496 e. The molecule has 1 aliphatic heterocycles. The largest absolute Gasteiger partial charge is 0.496 e. The Hall–Kier alpha value is -2.82. The number of hydrogen-bond acceptors (Lipinski definition) is 3. The molecule has 0 spiro atoms. The number of methoxy groups -OCH3 is 1. The second-order valence-electron chi connectivity index (χ2n) is 6.46. The lowest BCUT2D eigenvalue weighted by molar-refractivity contribution is -0.129. The number of nitrogens with one attached hydrogen (secondary N) is 1. The molecule has 1 fully saturated rings. The van der Waals surface area contributed by atoms with Crippen LogP contribution >= 0.6 is 0 Å². The van der Waals surface area contributed by atoms with Gasteiger partial charge in [-0.05, 0) is 18.1 Å². The van der Waals surface area contributed by atoms with Crippen molar-refractivity contribution >= 4 is 11.8 Å². The van der Waals surface area contributed by atoms with E-state index in [1.165, 1.54) is 0 Å². The Morgan fingerprint density at radius 1 is 1.15 bits per heavy atom. The van der Waals surface area contributed by atoms with Crippen molar-refractivity contribution < 1.29 is 14.3 Å². The van der Waals surface area contributed by atoms with E-state index < -0.39 is 0 Å². The van der Waals surface area contributed by atoms with Crippen molar-refractivity contribution in [1.29, 1.82) is 0 Å². The third-order valence-corrected chi connectivity index (χ3v) is 4.66. The molecule has 0 aliphatic carbocycles.